The first-order chi connectivity index (χ1) is 12.5. The van der Waals surface area contributed by atoms with Crippen molar-refractivity contribution < 1.29 is 8.42 Å². The number of hydrogen-bond donors (Lipinski definition) is 1. The summed E-state index contributed by atoms with van der Waals surface area (Å²) in [5.41, 5.74) is 0.975. The monoisotopic (exact) mass is 391 g/mol. The van der Waals surface area contributed by atoms with Crippen molar-refractivity contribution in [3.8, 4) is 0 Å². The average Bonchev–Trinajstić information content (AvgIpc) is 3.12. The van der Waals surface area contributed by atoms with Crippen LogP contribution in [0.4, 0.5) is 0 Å². The Morgan fingerprint density at radius 1 is 1.35 bits per heavy atom. The molecule has 1 aromatic heterocycles. The van der Waals surface area contributed by atoms with Crippen molar-refractivity contribution in [3.05, 3.63) is 59.4 Å². The molecule has 26 heavy (non-hydrogen) atoms. The fourth-order valence-corrected chi connectivity index (χ4v) is 3.91. The van der Waals surface area contributed by atoms with E-state index in [2.05, 4.69) is 19.8 Å². The number of hydrazone groups is 1. The van der Waals surface area contributed by atoms with Gasteiger partial charge in [-0.3, -0.25) is 9.98 Å². The largest absolute Gasteiger partial charge is 0.265 e. The number of benzene rings is 1. The van der Waals surface area contributed by atoms with Gasteiger partial charge in [0.1, 0.15) is 0 Å². The van der Waals surface area contributed by atoms with E-state index in [4.69, 9.17) is 11.6 Å². The second-order valence-corrected chi connectivity index (χ2v) is 7.65. The van der Waals surface area contributed by atoms with Gasteiger partial charge in [-0.1, -0.05) is 17.7 Å². The number of nitrogens with one attached hydrogen (secondary N) is 1. The molecule has 9 heteroatoms. The summed E-state index contributed by atoms with van der Waals surface area (Å²) in [5, 5.41) is 6.24. The molecule has 0 saturated heterocycles. The first kappa shape index (κ1) is 18.3. The van der Waals surface area contributed by atoms with Gasteiger partial charge in [0.25, 0.3) is 10.0 Å². The summed E-state index contributed by atoms with van der Waals surface area (Å²) in [6.45, 7) is 2.23. The topological polar surface area (TPSA) is 87.0 Å². The number of sulfonamides is 1. The van der Waals surface area contributed by atoms with E-state index >= 15 is 0 Å². The van der Waals surface area contributed by atoms with Crippen LogP contribution in [0.15, 0.2) is 63.8 Å². The Hall–Kier alpha value is -2.45. The molecule has 1 unspecified atom stereocenters. The van der Waals surface area contributed by atoms with E-state index in [0.717, 1.165) is 5.56 Å². The van der Waals surface area contributed by atoms with Crippen molar-refractivity contribution >= 4 is 33.8 Å². The highest BCUT2D eigenvalue weighted by Gasteiger charge is 2.29. The smallest absolute Gasteiger partial charge is 0.264 e. The van der Waals surface area contributed by atoms with Crippen LogP contribution in [0, 0.1) is 0 Å². The van der Waals surface area contributed by atoms with Crippen LogP contribution in [0.1, 0.15) is 24.9 Å². The zero-order valence-corrected chi connectivity index (χ0v) is 15.7. The van der Waals surface area contributed by atoms with Crippen LogP contribution in [-0.2, 0) is 10.0 Å². The van der Waals surface area contributed by atoms with Gasteiger partial charge in [-0.15, -0.1) is 0 Å². The fourth-order valence-electron chi connectivity index (χ4n) is 2.59. The van der Waals surface area contributed by atoms with Crippen molar-refractivity contribution in [2.24, 2.45) is 10.1 Å². The van der Waals surface area contributed by atoms with E-state index in [-0.39, 0.29) is 16.9 Å². The van der Waals surface area contributed by atoms with Gasteiger partial charge in [0, 0.05) is 36.6 Å². The lowest BCUT2D eigenvalue weighted by Gasteiger charge is -2.25. The lowest BCUT2D eigenvalue weighted by atomic mass is 10.1. The van der Waals surface area contributed by atoms with Crippen LogP contribution in [0.3, 0.4) is 0 Å². The van der Waals surface area contributed by atoms with E-state index in [1.165, 1.54) is 12.1 Å². The zero-order chi connectivity index (χ0) is 18.6. The molecular formula is C17H18ClN5O2S. The third-order valence-electron chi connectivity index (χ3n) is 3.78. The summed E-state index contributed by atoms with van der Waals surface area (Å²) in [6.07, 6.45) is 5.77. The molecule has 1 atom stereocenters. The molecule has 1 N–H and O–H groups in total. The third kappa shape index (κ3) is 4.03. The maximum absolute atomic E-state index is 12.7. The van der Waals surface area contributed by atoms with Crippen LogP contribution in [0.2, 0.25) is 5.02 Å². The van der Waals surface area contributed by atoms with Crippen molar-refractivity contribution in [1.29, 1.82) is 0 Å². The fraction of sp³-hybridized carbons (Fsp3) is 0.235. The molecule has 1 aliphatic heterocycles. The molecule has 2 heterocycles. The summed E-state index contributed by atoms with van der Waals surface area (Å²) in [7, 11) is -3.84. The molecule has 0 aliphatic carbocycles. The highest BCUT2D eigenvalue weighted by Crippen LogP contribution is 2.28. The molecule has 0 saturated carbocycles. The SMILES string of the molecule is CCN=C(NS(=O)(=O)c1cccc(Cl)c1)N1N=CCC1c1ccncc1. The van der Waals surface area contributed by atoms with Gasteiger partial charge in [-0.05, 0) is 42.8 Å². The van der Waals surface area contributed by atoms with E-state index in [9.17, 15) is 8.42 Å². The second kappa shape index (κ2) is 7.84. The summed E-state index contributed by atoms with van der Waals surface area (Å²) in [5.74, 6) is 0.169. The Kier molecular flexibility index (Phi) is 5.53. The molecule has 7 nitrogen and oxygen atoms in total. The highest BCUT2D eigenvalue weighted by molar-refractivity contribution is 7.90. The van der Waals surface area contributed by atoms with Gasteiger partial charge in [0.15, 0.2) is 0 Å². The van der Waals surface area contributed by atoms with Gasteiger partial charge in [0.05, 0.1) is 10.9 Å². The lowest BCUT2D eigenvalue weighted by Crippen LogP contribution is -2.42. The molecule has 0 radical (unpaired) electrons. The zero-order valence-electron chi connectivity index (χ0n) is 14.1. The minimum Gasteiger partial charge on any atom is -0.265 e. The van der Waals surface area contributed by atoms with Crippen molar-refractivity contribution in [1.82, 2.24) is 14.7 Å². The molecule has 1 aromatic carbocycles. The predicted molar refractivity (Wildman–Crippen MR) is 102 cm³/mol. The molecular weight excluding hydrogens is 374 g/mol. The Morgan fingerprint density at radius 2 is 2.12 bits per heavy atom. The summed E-state index contributed by atoms with van der Waals surface area (Å²) in [6, 6.07) is 9.67. The summed E-state index contributed by atoms with van der Waals surface area (Å²) >= 11 is 5.92. The molecule has 2 aromatic rings. The van der Waals surface area contributed by atoms with E-state index in [1.54, 1.807) is 35.7 Å². The minimum atomic E-state index is -3.84. The Morgan fingerprint density at radius 3 is 2.81 bits per heavy atom. The van der Waals surface area contributed by atoms with Gasteiger partial charge >= 0.3 is 0 Å². The van der Waals surface area contributed by atoms with Crippen LogP contribution in [0.5, 0.6) is 0 Å². The number of halogens is 1. The first-order valence-electron chi connectivity index (χ1n) is 8.05. The molecule has 0 spiro atoms. The Bertz CT molecular complexity index is 931. The first-order valence-corrected chi connectivity index (χ1v) is 9.92. The maximum atomic E-state index is 12.7. The van der Waals surface area contributed by atoms with Crippen LogP contribution >= 0.6 is 11.6 Å². The number of aromatic nitrogens is 1. The quantitative estimate of drug-likeness (QED) is 0.641. The number of rotatable bonds is 4. The molecule has 136 valence electrons. The number of guanidine groups is 1. The summed E-state index contributed by atoms with van der Waals surface area (Å²) < 4.78 is 28.0. The lowest BCUT2D eigenvalue weighted by molar-refractivity contribution is 0.360. The molecule has 1 aliphatic rings. The van der Waals surface area contributed by atoms with Crippen molar-refractivity contribution in [3.63, 3.8) is 0 Å². The average molecular weight is 392 g/mol. The number of pyridine rings is 1. The maximum Gasteiger partial charge on any atom is 0.264 e. The van der Waals surface area contributed by atoms with Gasteiger partial charge in [0.2, 0.25) is 5.96 Å². The second-order valence-electron chi connectivity index (χ2n) is 5.54. The standard InChI is InChI=1S/C17H18ClN5O2S/c1-2-20-17(22-26(24,25)15-5-3-4-14(18)12-15)23-16(8-11-21-23)13-6-9-19-10-7-13/h3-7,9-12,16H,2,8H2,1H3,(H,20,22). The summed E-state index contributed by atoms with van der Waals surface area (Å²) in [4.78, 5) is 8.39. The molecule has 0 amide bonds. The number of hydrogen-bond acceptors (Lipinski definition) is 5. The van der Waals surface area contributed by atoms with Gasteiger partial charge in [-0.25, -0.2) is 18.1 Å². The molecule has 0 fully saturated rings. The van der Waals surface area contributed by atoms with E-state index in [1.807, 2.05) is 19.1 Å². The number of nitrogens with zero attached hydrogens (tertiary/aromatic N) is 4. The van der Waals surface area contributed by atoms with Gasteiger partial charge < -0.3 is 0 Å². The normalized spacial score (nSPS) is 17.5. The number of aliphatic imine (C=N–C) groups is 1. The molecule has 3 rings (SSSR count). The van der Waals surface area contributed by atoms with Crippen molar-refractivity contribution in [2.45, 2.75) is 24.3 Å². The van der Waals surface area contributed by atoms with E-state index in [0.29, 0.717) is 18.0 Å². The van der Waals surface area contributed by atoms with Gasteiger partial charge in [-0.2, -0.15) is 5.10 Å². The third-order valence-corrected chi connectivity index (χ3v) is 5.34. The van der Waals surface area contributed by atoms with E-state index < -0.39 is 10.0 Å². The predicted octanol–water partition coefficient (Wildman–Crippen LogP) is 2.82. The van der Waals surface area contributed by atoms with Crippen molar-refractivity contribution in [2.75, 3.05) is 6.54 Å². The highest BCUT2D eigenvalue weighted by atomic mass is 35.5. The Balaban J connectivity index is 1.90. The molecule has 0 bridgehead atoms. The van der Waals surface area contributed by atoms with Crippen LogP contribution in [0.25, 0.3) is 0 Å². The Labute approximate surface area is 157 Å². The minimum absolute atomic E-state index is 0.0671. The van der Waals surface area contributed by atoms with Crippen LogP contribution < -0.4 is 4.72 Å². The van der Waals surface area contributed by atoms with Crippen LogP contribution in [-0.4, -0.2) is 37.1 Å².